The summed E-state index contributed by atoms with van der Waals surface area (Å²) in [4.78, 5) is 29.1. The smallest absolute Gasteiger partial charge is 0.251 e. The highest BCUT2D eigenvalue weighted by Crippen LogP contribution is 2.19. The Morgan fingerprint density at radius 3 is 2.77 bits per heavy atom. The van der Waals surface area contributed by atoms with Crippen molar-refractivity contribution in [1.29, 1.82) is 0 Å². The Hall–Kier alpha value is -2.34. The highest BCUT2D eigenvalue weighted by molar-refractivity contribution is 5.95. The SMILES string of the molecule is CC=CCN1C[C@@H](NC(=O)c2cccc(N(C)C)c2)C[C@H]1C(=O)NCC. The second kappa shape index (κ2) is 9.38. The Bertz CT molecular complexity index is 657. The largest absolute Gasteiger partial charge is 0.378 e. The van der Waals surface area contributed by atoms with Gasteiger partial charge in [-0.3, -0.25) is 14.5 Å². The van der Waals surface area contributed by atoms with Gasteiger partial charge in [0.15, 0.2) is 0 Å². The molecule has 2 atom stereocenters. The summed E-state index contributed by atoms with van der Waals surface area (Å²) in [6, 6.07) is 7.30. The lowest BCUT2D eigenvalue weighted by Gasteiger charge is -2.21. The van der Waals surface area contributed by atoms with Crippen LogP contribution in [0.1, 0.15) is 30.6 Å². The van der Waals surface area contributed by atoms with Gasteiger partial charge in [-0.15, -0.1) is 0 Å². The van der Waals surface area contributed by atoms with Crippen LogP contribution in [0.2, 0.25) is 0 Å². The number of carbonyl (C=O) groups excluding carboxylic acids is 2. The predicted octanol–water partition coefficient (Wildman–Crippen LogP) is 1.64. The predicted molar refractivity (Wildman–Crippen MR) is 105 cm³/mol. The average Bonchev–Trinajstić information content (AvgIpc) is 3.03. The van der Waals surface area contributed by atoms with E-state index in [1.165, 1.54) is 0 Å². The van der Waals surface area contributed by atoms with Crippen LogP contribution in [-0.2, 0) is 4.79 Å². The summed E-state index contributed by atoms with van der Waals surface area (Å²) in [5.74, 6) is -0.0652. The molecule has 1 aromatic carbocycles. The van der Waals surface area contributed by atoms with Gasteiger partial charge in [0, 0.05) is 51.0 Å². The van der Waals surface area contributed by atoms with Gasteiger partial charge in [0.05, 0.1) is 6.04 Å². The van der Waals surface area contributed by atoms with Crippen molar-refractivity contribution in [2.24, 2.45) is 0 Å². The summed E-state index contributed by atoms with van der Waals surface area (Å²) in [6.07, 6.45) is 4.65. The minimum absolute atomic E-state index is 0.0309. The summed E-state index contributed by atoms with van der Waals surface area (Å²) in [5, 5.41) is 5.99. The van der Waals surface area contributed by atoms with Gasteiger partial charge in [-0.25, -0.2) is 0 Å². The summed E-state index contributed by atoms with van der Waals surface area (Å²) < 4.78 is 0. The van der Waals surface area contributed by atoms with Gasteiger partial charge in [-0.2, -0.15) is 0 Å². The molecular formula is C20H30N4O2. The van der Waals surface area contributed by atoms with Crippen molar-refractivity contribution >= 4 is 17.5 Å². The number of likely N-dealkylation sites (tertiary alicyclic amines) is 1. The number of likely N-dealkylation sites (N-methyl/N-ethyl adjacent to an activating group) is 1. The maximum absolute atomic E-state index is 12.6. The first-order chi connectivity index (χ1) is 12.5. The molecule has 0 radical (unpaired) electrons. The zero-order chi connectivity index (χ0) is 19.1. The zero-order valence-electron chi connectivity index (χ0n) is 16.2. The normalized spacial score (nSPS) is 20.3. The first-order valence-electron chi connectivity index (χ1n) is 9.17. The second-order valence-electron chi connectivity index (χ2n) is 6.78. The molecule has 0 aromatic heterocycles. The third-order valence-corrected chi connectivity index (χ3v) is 4.59. The number of hydrogen-bond donors (Lipinski definition) is 2. The maximum Gasteiger partial charge on any atom is 0.251 e. The standard InChI is InChI=1S/C20H30N4O2/c1-5-7-11-24-14-16(13-18(24)20(26)21-6-2)22-19(25)15-9-8-10-17(12-15)23(3)4/h5,7-10,12,16,18H,6,11,13-14H2,1-4H3,(H,21,26)(H,22,25)/t16-,18-/m0/s1. The summed E-state index contributed by atoms with van der Waals surface area (Å²) in [5.41, 5.74) is 1.62. The van der Waals surface area contributed by atoms with E-state index in [1.54, 1.807) is 0 Å². The number of hydrogen-bond acceptors (Lipinski definition) is 4. The molecule has 2 amide bonds. The molecule has 1 fully saturated rings. The van der Waals surface area contributed by atoms with Gasteiger partial charge in [-0.1, -0.05) is 18.2 Å². The molecule has 6 heteroatoms. The summed E-state index contributed by atoms with van der Waals surface area (Å²) in [7, 11) is 3.90. The lowest BCUT2D eigenvalue weighted by molar-refractivity contribution is -0.125. The van der Waals surface area contributed by atoms with Crippen LogP contribution in [0.4, 0.5) is 5.69 Å². The van der Waals surface area contributed by atoms with E-state index in [0.29, 0.717) is 31.6 Å². The van der Waals surface area contributed by atoms with E-state index in [-0.39, 0.29) is 23.9 Å². The molecule has 0 saturated carbocycles. The lowest BCUT2D eigenvalue weighted by Crippen LogP contribution is -2.43. The minimum atomic E-state index is -0.204. The van der Waals surface area contributed by atoms with Crippen molar-refractivity contribution in [3.63, 3.8) is 0 Å². The topological polar surface area (TPSA) is 64.7 Å². The van der Waals surface area contributed by atoms with E-state index in [2.05, 4.69) is 15.5 Å². The zero-order valence-corrected chi connectivity index (χ0v) is 16.2. The molecule has 1 saturated heterocycles. The molecule has 0 spiro atoms. The van der Waals surface area contributed by atoms with Gasteiger partial charge in [0.25, 0.3) is 5.91 Å². The molecule has 1 aromatic rings. The van der Waals surface area contributed by atoms with Crippen molar-refractivity contribution in [2.45, 2.75) is 32.4 Å². The number of carbonyl (C=O) groups is 2. The Morgan fingerprint density at radius 1 is 1.35 bits per heavy atom. The fourth-order valence-electron chi connectivity index (χ4n) is 3.21. The van der Waals surface area contributed by atoms with Gasteiger partial charge in [0.1, 0.15) is 0 Å². The van der Waals surface area contributed by atoms with Crippen LogP contribution in [-0.4, -0.2) is 62.5 Å². The molecule has 142 valence electrons. The van der Waals surface area contributed by atoms with E-state index < -0.39 is 0 Å². The van der Waals surface area contributed by atoms with Crippen LogP contribution in [0.5, 0.6) is 0 Å². The van der Waals surface area contributed by atoms with Gasteiger partial charge in [0.2, 0.25) is 5.91 Å². The van der Waals surface area contributed by atoms with Gasteiger partial charge >= 0.3 is 0 Å². The molecule has 0 unspecified atom stereocenters. The quantitative estimate of drug-likeness (QED) is 0.728. The first-order valence-corrected chi connectivity index (χ1v) is 9.17. The molecule has 2 N–H and O–H groups in total. The van der Waals surface area contributed by atoms with E-state index in [0.717, 1.165) is 5.69 Å². The third kappa shape index (κ3) is 5.08. The molecule has 0 aliphatic carbocycles. The Labute approximate surface area is 156 Å². The fraction of sp³-hybridized carbons (Fsp3) is 0.500. The monoisotopic (exact) mass is 358 g/mol. The molecule has 2 rings (SSSR count). The Kier molecular flexibility index (Phi) is 7.21. The number of nitrogens with one attached hydrogen (secondary N) is 2. The van der Waals surface area contributed by atoms with E-state index >= 15 is 0 Å². The summed E-state index contributed by atoms with van der Waals surface area (Å²) in [6.45, 7) is 5.88. The molecule has 26 heavy (non-hydrogen) atoms. The van der Waals surface area contributed by atoms with E-state index in [1.807, 2.05) is 69.3 Å². The maximum atomic E-state index is 12.6. The molecule has 0 bridgehead atoms. The fourth-order valence-corrected chi connectivity index (χ4v) is 3.21. The average molecular weight is 358 g/mol. The van der Waals surface area contributed by atoms with Gasteiger partial charge in [-0.05, 0) is 38.5 Å². The molecule has 6 nitrogen and oxygen atoms in total. The third-order valence-electron chi connectivity index (χ3n) is 4.59. The van der Waals surface area contributed by atoms with Crippen LogP contribution >= 0.6 is 0 Å². The van der Waals surface area contributed by atoms with Gasteiger partial charge < -0.3 is 15.5 Å². The van der Waals surface area contributed by atoms with E-state index in [4.69, 9.17) is 0 Å². The number of nitrogens with zero attached hydrogens (tertiary/aromatic N) is 2. The van der Waals surface area contributed by atoms with Crippen LogP contribution in [0.3, 0.4) is 0 Å². The van der Waals surface area contributed by atoms with Crippen LogP contribution in [0.25, 0.3) is 0 Å². The molecule has 1 aliphatic rings. The second-order valence-corrected chi connectivity index (χ2v) is 6.78. The van der Waals surface area contributed by atoms with Crippen LogP contribution in [0, 0.1) is 0 Å². The van der Waals surface area contributed by atoms with Crippen molar-refractivity contribution in [1.82, 2.24) is 15.5 Å². The number of amides is 2. The minimum Gasteiger partial charge on any atom is -0.378 e. The van der Waals surface area contributed by atoms with E-state index in [9.17, 15) is 9.59 Å². The van der Waals surface area contributed by atoms with Crippen molar-refractivity contribution in [3.05, 3.63) is 42.0 Å². The highest BCUT2D eigenvalue weighted by Gasteiger charge is 2.36. The highest BCUT2D eigenvalue weighted by atomic mass is 16.2. The number of anilines is 1. The lowest BCUT2D eigenvalue weighted by atomic mass is 10.1. The molecular weight excluding hydrogens is 328 g/mol. The first kappa shape index (κ1) is 20.0. The van der Waals surface area contributed by atoms with Crippen molar-refractivity contribution in [3.8, 4) is 0 Å². The molecule has 1 aliphatic heterocycles. The van der Waals surface area contributed by atoms with Crippen LogP contribution < -0.4 is 15.5 Å². The van der Waals surface area contributed by atoms with Crippen molar-refractivity contribution in [2.75, 3.05) is 38.6 Å². The number of benzene rings is 1. The number of rotatable bonds is 7. The Morgan fingerprint density at radius 2 is 2.12 bits per heavy atom. The number of allylic oxidation sites excluding steroid dienone is 1. The summed E-state index contributed by atoms with van der Waals surface area (Å²) >= 11 is 0. The van der Waals surface area contributed by atoms with Crippen molar-refractivity contribution < 1.29 is 9.59 Å². The Balaban J connectivity index is 2.05. The molecule has 1 heterocycles. The van der Waals surface area contributed by atoms with Crippen LogP contribution in [0.15, 0.2) is 36.4 Å².